The van der Waals surface area contributed by atoms with E-state index < -0.39 is 33.9 Å². The molecule has 0 fully saturated rings. The molecule has 2 aromatic rings. The van der Waals surface area contributed by atoms with Crippen molar-refractivity contribution < 1.29 is 17.4 Å². The van der Waals surface area contributed by atoms with Crippen LogP contribution in [0, 0.1) is 0 Å². The van der Waals surface area contributed by atoms with Gasteiger partial charge in [-0.3, -0.25) is 0 Å². The van der Waals surface area contributed by atoms with Crippen LogP contribution < -0.4 is 0 Å². The van der Waals surface area contributed by atoms with E-state index >= 15 is 0 Å². The van der Waals surface area contributed by atoms with E-state index in [-0.39, 0.29) is 12.2 Å². The van der Waals surface area contributed by atoms with Crippen LogP contribution in [-0.4, -0.2) is 24.7 Å². The Bertz CT molecular complexity index is 647. The summed E-state index contributed by atoms with van der Waals surface area (Å²) in [6, 6.07) is 8.63. The number of halogens is 3. The van der Waals surface area contributed by atoms with Gasteiger partial charge in [0.05, 0.1) is 6.04 Å². The van der Waals surface area contributed by atoms with Crippen molar-refractivity contribution in [3.8, 4) is 0 Å². The summed E-state index contributed by atoms with van der Waals surface area (Å²) in [4.78, 5) is 3.67. The van der Waals surface area contributed by atoms with E-state index in [4.69, 9.17) is 0 Å². The van der Waals surface area contributed by atoms with Gasteiger partial charge in [-0.05, 0) is 5.56 Å². The van der Waals surface area contributed by atoms with Gasteiger partial charge in [0.15, 0.2) is 22.8 Å². The van der Waals surface area contributed by atoms with E-state index in [9.17, 15) is 17.4 Å². The predicted octanol–water partition coefficient (Wildman–Crippen LogP) is 2.61. The molecule has 0 N–H and O–H groups in total. The van der Waals surface area contributed by atoms with Gasteiger partial charge in [0.1, 0.15) is 0 Å². The number of hydrogen-bond acceptors (Lipinski definition) is 3. The van der Waals surface area contributed by atoms with Crippen LogP contribution in [0.5, 0.6) is 0 Å². The summed E-state index contributed by atoms with van der Waals surface area (Å²) in [7, 11) is -2.62. The van der Waals surface area contributed by atoms with Crippen LogP contribution in [0.4, 0.5) is 13.2 Å². The molecule has 1 aliphatic heterocycles. The zero-order valence-electron chi connectivity index (χ0n) is 10.1. The third-order valence-corrected chi connectivity index (χ3v) is 4.03. The van der Waals surface area contributed by atoms with E-state index in [0.717, 1.165) is 5.56 Å². The number of nitrogens with zero attached hydrogens (tertiary/aromatic N) is 3. The van der Waals surface area contributed by atoms with Crippen molar-refractivity contribution in [1.82, 2.24) is 14.8 Å². The summed E-state index contributed by atoms with van der Waals surface area (Å²) in [6.45, 7) is 0. The van der Waals surface area contributed by atoms with Crippen molar-refractivity contribution in [1.29, 1.82) is 0 Å². The Hall–Kier alpha value is -1.70. The number of hydrogen-bond donors (Lipinski definition) is 0. The summed E-state index contributed by atoms with van der Waals surface area (Å²) in [5, 5.41) is 3.29. The average Bonchev–Trinajstić information content (AvgIpc) is 3.00. The smallest absolute Gasteiger partial charge is 0.245 e. The summed E-state index contributed by atoms with van der Waals surface area (Å²) < 4.78 is 51.3. The summed E-state index contributed by atoms with van der Waals surface area (Å²) in [5.74, 6) is -3.12. The highest BCUT2D eigenvalue weighted by Gasteiger charge is 2.37. The van der Waals surface area contributed by atoms with Crippen LogP contribution in [0.2, 0.25) is 0 Å². The number of fused-ring (bicyclic) bond motifs is 1. The van der Waals surface area contributed by atoms with Gasteiger partial charge < -0.3 is 0 Å². The SMILES string of the molecule is O=[S@@](c1nc2n(n1)C(c1ccccc1)C[C@@H]2F)C(F)F. The zero-order valence-corrected chi connectivity index (χ0v) is 10.9. The minimum atomic E-state index is -3.08. The minimum Gasteiger partial charge on any atom is -0.245 e. The van der Waals surface area contributed by atoms with Gasteiger partial charge >= 0.3 is 5.76 Å². The zero-order chi connectivity index (χ0) is 14.3. The Morgan fingerprint density at radius 3 is 2.65 bits per heavy atom. The quantitative estimate of drug-likeness (QED) is 0.875. The molecule has 4 nitrogen and oxygen atoms in total. The van der Waals surface area contributed by atoms with Gasteiger partial charge in [0, 0.05) is 6.42 Å². The molecule has 20 heavy (non-hydrogen) atoms. The predicted molar refractivity (Wildman–Crippen MR) is 65.5 cm³/mol. The van der Waals surface area contributed by atoms with E-state index in [1.807, 2.05) is 6.07 Å². The van der Waals surface area contributed by atoms with Crippen LogP contribution >= 0.6 is 0 Å². The molecule has 1 aromatic heterocycles. The van der Waals surface area contributed by atoms with Crippen LogP contribution in [0.15, 0.2) is 35.5 Å². The first-order valence-corrected chi connectivity index (χ1v) is 7.13. The lowest BCUT2D eigenvalue weighted by Gasteiger charge is -2.11. The molecule has 1 unspecified atom stereocenters. The number of aromatic nitrogens is 3. The Balaban J connectivity index is 2.00. The van der Waals surface area contributed by atoms with Gasteiger partial charge in [0.2, 0.25) is 5.16 Å². The molecule has 1 aromatic carbocycles. The maximum Gasteiger partial charge on any atom is 0.319 e. The molecular weight excluding hydrogens is 291 g/mol. The van der Waals surface area contributed by atoms with Crippen molar-refractivity contribution >= 4 is 10.8 Å². The first-order valence-electron chi connectivity index (χ1n) is 5.92. The second-order valence-corrected chi connectivity index (χ2v) is 5.70. The largest absolute Gasteiger partial charge is 0.319 e. The first-order chi connectivity index (χ1) is 9.58. The molecule has 0 radical (unpaired) electrons. The van der Waals surface area contributed by atoms with Crippen molar-refractivity contribution in [2.24, 2.45) is 0 Å². The molecule has 2 heterocycles. The van der Waals surface area contributed by atoms with Crippen molar-refractivity contribution in [2.75, 3.05) is 0 Å². The number of benzene rings is 1. The molecule has 3 rings (SSSR count). The van der Waals surface area contributed by atoms with Crippen molar-refractivity contribution in [3.05, 3.63) is 41.7 Å². The highest BCUT2D eigenvalue weighted by molar-refractivity contribution is 7.85. The van der Waals surface area contributed by atoms with Gasteiger partial charge in [-0.2, -0.15) is 8.78 Å². The van der Waals surface area contributed by atoms with Crippen LogP contribution in [0.3, 0.4) is 0 Å². The Morgan fingerprint density at radius 1 is 1.30 bits per heavy atom. The molecule has 106 valence electrons. The Labute approximate surface area is 115 Å². The van der Waals surface area contributed by atoms with Gasteiger partial charge in [-0.15, -0.1) is 5.10 Å². The fourth-order valence-corrected chi connectivity index (χ4v) is 2.79. The fourth-order valence-electron chi connectivity index (χ4n) is 2.28. The van der Waals surface area contributed by atoms with Crippen LogP contribution in [0.25, 0.3) is 0 Å². The summed E-state index contributed by atoms with van der Waals surface area (Å²) in [5.41, 5.74) is 0.813. The fraction of sp³-hybridized carbons (Fsp3) is 0.333. The highest BCUT2D eigenvalue weighted by Crippen LogP contribution is 2.39. The molecule has 0 saturated heterocycles. The second-order valence-electron chi connectivity index (χ2n) is 4.38. The van der Waals surface area contributed by atoms with E-state index in [1.165, 1.54) is 4.68 Å². The van der Waals surface area contributed by atoms with Crippen LogP contribution in [0.1, 0.15) is 30.0 Å². The highest BCUT2D eigenvalue weighted by atomic mass is 32.2. The lowest BCUT2D eigenvalue weighted by atomic mass is 10.0. The third-order valence-electron chi connectivity index (χ3n) is 3.17. The number of alkyl halides is 3. The maximum absolute atomic E-state index is 13.9. The lowest BCUT2D eigenvalue weighted by molar-refractivity contribution is 0.243. The second kappa shape index (κ2) is 5.01. The molecular formula is C12H10F3N3OS. The van der Waals surface area contributed by atoms with E-state index in [0.29, 0.717) is 0 Å². The monoisotopic (exact) mass is 301 g/mol. The van der Waals surface area contributed by atoms with E-state index in [2.05, 4.69) is 10.1 Å². The molecule has 0 saturated carbocycles. The standard InChI is InChI=1S/C12H10F3N3OS/c13-8-6-9(7-4-2-1-3-5-7)18-10(8)16-12(17-18)20(19)11(14)15/h1-5,8-9,11H,6H2/t8-,9?,20+/m0/s1. The van der Waals surface area contributed by atoms with Crippen molar-refractivity contribution in [2.45, 2.75) is 29.5 Å². The van der Waals surface area contributed by atoms with Gasteiger partial charge in [-0.1, -0.05) is 30.3 Å². The summed E-state index contributed by atoms with van der Waals surface area (Å²) >= 11 is 0. The van der Waals surface area contributed by atoms with Crippen LogP contribution in [-0.2, 0) is 10.8 Å². The number of rotatable bonds is 3. The Kier molecular flexibility index (Phi) is 3.33. The molecule has 0 spiro atoms. The Morgan fingerprint density at radius 2 is 2.00 bits per heavy atom. The molecule has 0 aliphatic carbocycles. The molecule has 3 atom stereocenters. The normalized spacial score (nSPS) is 23.0. The summed E-state index contributed by atoms with van der Waals surface area (Å²) in [6.07, 6.45) is -1.24. The molecule has 1 aliphatic rings. The average molecular weight is 301 g/mol. The molecule has 0 bridgehead atoms. The first kappa shape index (κ1) is 13.3. The molecule has 8 heteroatoms. The van der Waals surface area contributed by atoms with E-state index in [1.54, 1.807) is 24.3 Å². The minimum absolute atomic E-state index is 0.0390. The lowest BCUT2D eigenvalue weighted by Crippen LogP contribution is -2.10. The van der Waals surface area contributed by atoms with Gasteiger partial charge in [-0.25, -0.2) is 18.3 Å². The molecule has 0 amide bonds. The third kappa shape index (κ3) is 2.13. The van der Waals surface area contributed by atoms with Crippen molar-refractivity contribution in [3.63, 3.8) is 0 Å². The topological polar surface area (TPSA) is 47.8 Å². The van der Waals surface area contributed by atoms with Gasteiger partial charge in [0.25, 0.3) is 0 Å². The maximum atomic E-state index is 13.9.